The SMILES string of the molecule is CCOC=O.Cc1c(Br)nnc(N)c1Br.Cc1cnnc(N)c1.Cc1cnnc(N)c1Br.Cc1cnnc(N)c1C(N)=O.Cc1cnnc2nc[nH]c(=O)c12. The molecule has 0 saturated carbocycles. The van der Waals surface area contributed by atoms with Gasteiger partial charge in [0, 0.05) is 5.56 Å². The van der Waals surface area contributed by atoms with Crippen LogP contribution in [0, 0.1) is 34.6 Å². The molecule has 55 heavy (non-hydrogen) atoms. The van der Waals surface area contributed by atoms with E-state index in [1.54, 1.807) is 45.4 Å². The molecule has 6 aromatic heterocycles. The summed E-state index contributed by atoms with van der Waals surface area (Å²) >= 11 is 9.74. The Bertz CT molecular complexity index is 2140. The highest BCUT2D eigenvalue weighted by atomic mass is 79.9. The summed E-state index contributed by atoms with van der Waals surface area (Å²) in [6.45, 7) is 11.9. The highest BCUT2D eigenvalue weighted by molar-refractivity contribution is 9.11. The lowest BCUT2D eigenvalue weighted by molar-refractivity contribution is -0.128. The number of H-pyrrole nitrogens is 1. The summed E-state index contributed by atoms with van der Waals surface area (Å²) in [5.74, 6) is 0.841. The number of primary amides is 1. The van der Waals surface area contributed by atoms with Crippen molar-refractivity contribution in [1.82, 2.24) is 61.0 Å². The van der Waals surface area contributed by atoms with Crippen LogP contribution in [0.1, 0.15) is 45.1 Å². The van der Waals surface area contributed by atoms with Crippen molar-refractivity contribution in [1.29, 1.82) is 0 Å². The number of nitrogen functional groups attached to an aromatic ring is 4. The van der Waals surface area contributed by atoms with Crippen LogP contribution in [0.25, 0.3) is 11.0 Å². The quantitative estimate of drug-likeness (QED) is 0.139. The number of hydrogen-bond acceptors (Lipinski definition) is 19. The Hall–Kier alpha value is -5.88. The van der Waals surface area contributed by atoms with Gasteiger partial charge in [0.25, 0.3) is 17.9 Å². The lowest BCUT2D eigenvalue weighted by atomic mass is 10.1. The minimum Gasteiger partial charge on any atom is -0.468 e. The van der Waals surface area contributed by atoms with E-state index in [4.69, 9.17) is 28.7 Å². The van der Waals surface area contributed by atoms with Gasteiger partial charge in [0.05, 0.1) is 57.6 Å². The fraction of sp³-hybridized carbons (Fsp3) is 0.226. The van der Waals surface area contributed by atoms with E-state index >= 15 is 0 Å². The van der Waals surface area contributed by atoms with Crippen molar-refractivity contribution in [3.63, 3.8) is 0 Å². The Labute approximate surface area is 339 Å². The van der Waals surface area contributed by atoms with E-state index in [1.165, 1.54) is 12.5 Å². The second-order valence-corrected chi connectivity index (χ2v) is 12.7. The number of ether oxygens (including phenoxy) is 1. The number of amides is 1. The summed E-state index contributed by atoms with van der Waals surface area (Å²) in [6.07, 6.45) is 7.62. The highest BCUT2D eigenvalue weighted by Crippen LogP contribution is 2.25. The fourth-order valence-corrected chi connectivity index (χ4v) is 4.40. The first-order valence-electron chi connectivity index (χ1n) is 15.3. The van der Waals surface area contributed by atoms with Crippen LogP contribution in [0.5, 0.6) is 0 Å². The number of aromatic amines is 1. The Kier molecular flexibility index (Phi) is 20.9. The van der Waals surface area contributed by atoms with E-state index in [0.29, 0.717) is 51.7 Å². The van der Waals surface area contributed by atoms with Crippen molar-refractivity contribution in [3.05, 3.63) is 94.5 Å². The molecular weight excluding hydrogens is 914 g/mol. The molecule has 0 atom stereocenters. The standard InChI is InChI=1S/C7H6N4O.C6H8N4O.C5H5Br2N3.C5H6BrN3.C5H7N3.C3H6O2/c1-4-2-10-11-6-5(4)7(12)9-3-8-6;1-3-2-9-10-5(7)4(3)6(8)11;1-2-3(6)5(8)10-9-4(2)7;1-3-2-8-9-5(7)4(3)6;1-4-2-5(6)8-7-3-4;1-2-5-3-4/h2-3H,1H3,(H,8,9,11,12);2H,1H3,(H2,7,10)(H2,8,11);1H3,(H2,8,10);2H,1H3,(H2,7,9);2-3H,1H3,(H2,6,8);3H,2H2,1H3. The van der Waals surface area contributed by atoms with Crippen LogP contribution in [-0.4, -0.2) is 79.9 Å². The predicted octanol–water partition coefficient (Wildman–Crippen LogP) is 3.06. The average Bonchev–Trinajstić information content (AvgIpc) is 3.13. The van der Waals surface area contributed by atoms with Gasteiger partial charge in [0.2, 0.25) is 0 Å². The zero-order chi connectivity index (χ0) is 41.7. The number of rotatable bonds is 3. The number of aromatic nitrogens is 12. The Morgan fingerprint density at radius 3 is 1.76 bits per heavy atom. The van der Waals surface area contributed by atoms with Crippen molar-refractivity contribution < 1.29 is 14.3 Å². The summed E-state index contributed by atoms with van der Waals surface area (Å²) in [4.78, 5) is 37.5. The number of anilines is 4. The van der Waals surface area contributed by atoms with Crippen LogP contribution in [0.2, 0.25) is 0 Å². The van der Waals surface area contributed by atoms with E-state index in [-0.39, 0.29) is 16.9 Å². The molecule has 292 valence electrons. The molecule has 0 unspecified atom stereocenters. The fourth-order valence-electron chi connectivity index (χ4n) is 3.40. The molecule has 0 radical (unpaired) electrons. The molecule has 0 saturated heterocycles. The number of halogens is 3. The van der Waals surface area contributed by atoms with Gasteiger partial charge < -0.3 is 38.4 Å². The molecule has 0 aliphatic heterocycles. The van der Waals surface area contributed by atoms with E-state index < -0.39 is 5.91 Å². The molecule has 21 nitrogen and oxygen atoms in total. The Morgan fingerprint density at radius 2 is 1.33 bits per heavy atom. The normalized spacial score (nSPS) is 9.47. The molecule has 0 aliphatic carbocycles. The monoisotopic (exact) mass is 949 g/mol. The summed E-state index contributed by atoms with van der Waals surface area (Å²) in [7, 11) is 0. The first-order valence-corrected chi connectivity index (χ1v) is 17.6. The number of aryl methyl sites for hydroxylation is 4. The number of fused-ring (bicyclic) bond motifs is 1. The van der Waals surface area contributed by atoms with Crippen molar-refractivity contribution in [2.45, 2.75) is 41.5 Å². The molecule has 0 fully saturated rings. The van der Waals surface area contributed by atoms with E-state index in [2.05, 4.69) is 113 Å². The van der Waals surface area contributed by atoms with Crippen LogP contribution < -0.4 is 34.2 Å². The average molecular weight is 952 g/mol. The van der Waals surface area contributed by atoms with Crippen LogP contribution in [0.3, 0.4) is 0 Å². The third-order valence-corrected chi connectivity index (χ3v) is 8.87. The summed E-state index contributed by atoms with van der Waals surface area (Å²) < 4.78 is 6.50. The third-order valence-electron chi connectivity index (χ3n) is 6.09. The number of carbonyl (C=O) groups is 2. The smallest absolute Gasteiger partial charge is 0.293 e. The molecule has 0 spiro atoms. The predicted molar refractivity (Wildman–Crippen MR) is 217 cm³/mol. The van der Waals surface area contributed by atoms with E-state index in [9.17, 15) is 14.4 Å². The third kappa shape index (κ3) is 16.4. The zero-order valence-electron chi connectivity index (χ0n) is 30.3. The molecule has 1 amide bonds. The largest absolute Gasteiger partial charge is 0.468 e. The van der Waals surface area contributed by atoms with Crippen molar-refractivity contribution in [2.75, 3.05) is 29.5 Å². The second-order valence-electron chi connectivity index (χ2n) is 10.4. The van der Waals surface area contributed by atoms with Gasteiger partial charge in [-0.05, 0) is 118 Å². The molecule has 11 N–H and O–H groups in total. The Morgan fingerprint density at radius 1 is 0.764 bits per heavy atom. The molecule has 24 heteroatoms. The molecule has 0 bridgehead atoms. The van der Waals surface area contributed by atoms with Gasteiger partial charge in [-0.2, -0.15) is 20.4 Å². The van der Waals surface area contributed by atoms with Crippen LogP contribution >= 0.6 is 47.8 Å². The molecule has 6 heterocycles. The van der Waals surface area contributed by atoms with Gasteiger partial charge in [-0.1, -0.05) is 0 Å². The number of nitrogens with two attached hydrogens (primary N) is 5. The number of nitrogens with one attached hydrogen (secondary N) is 1. The topological polar surface area (TPSA) is 348 Å². The maximum atomic E-state index is 11.2. The first-order chi connectivity index (χ1) is 26.0. The molecule has 0 aromatic carbocycles. The number of hydrogen-bond donors (Lipinski definition) is 6. The minimum absolute atomic E-state index is 0.0810. The van der Waals surface area contributed by atoms with Gasteiger partial charge in [-0.3, -0.25) is 14.4 Å². The van der Waals surface area contributed by atoms with Crippen LogP contribution in [0.4, 0.5) is 23.3 Å². The summed E-state index contributed by atoms with van der Waals surface area (Å²) in [5, 5.41) is 36.8. The van der Waals surface area contributed by atoms with Gasteiger partial charge in [0.1, 0.15) is 10.4 Å². The number of nitrogens with zero attached hydrogens (tertiary/aromatic N) is 11. The number of carbonyl (C=O) groups excluding carboxylic acids is 2. The van der Waals surface area contributed by atoms with Crippen LogP contribution in [0.15, 0.2) is 55.5 Å². The molecule has 0 aliphatic rings. The van der Waals surface area contributed by atoms with Gasteiger partial charge in [0.15, 0.2) is 23.1 Å². The first kappa shape index (κ1) is 47.1. The maximum absolute atomic E-state index is 11.2. The lowest BCUT2D eigenvalue weighted by Crippen LogP contribution is -2.16. The van der Waals surface area contributed by atoms with Gasteiger partial charge >= 0.3 is 0 Å². The maximum Gasteiger partial charge on any atom is 0.293 e. The zero-order valence-corrected chi connectivity index (χ0v) is 35.1. The van der Waals surface area contributed by atoms with Crippen molar-refractivity contribution >= 4 is 94.5 Å². The molecule has 6 rings (SSSR count). The second kappa shape index (κ2) is 24.4. The summed E-state index contributed by atoms with van der Waals surface area (Å²) in [6, 6.07) is 1.77. The Balaban J connectivity index is 0.000000336. The van der Waals surface area contributed by atoms with Crippen molar-refractivity contribution in [2.24, 2.45) is 5.73 Å². The molecular formula is C31H38Br3N17O4. The van der Waals surface area contributed by atoms with Crippen LogP contribution in [-0.2, 0) is 9.53 Å². The summed E-state index contributed by atoms with van der Waals surface area (Å²) in [5.41, 5.74) is 31.4. The lowest BCUT2D eigenvalue weighted by Gasteiger charge is -2.01. The van der Waals surface area contributed by atoms with Crippen molar-refractivity contribution in [3.8, 4) is 0 Å². The van der Waals surface area contributed by atoms with Gasteiger partial charge in [-0.25, -0.2) is 4.98 Å². The van der Waals surface area contributed by atoms with E-state index in [1.807, 2.05) is 20.8 Å². The highest BCUT2D eigenvalue weighted by Gasteiger charge is 2.10. The molecule has 6 aromatic rings. The van der Waals surface area contributed by atoms with Gasteiger partial charge in [-0.15, -0.1) is 30.6 Å². The van der Waals surface area contributed by atoms with E-state index in [0.717, 1.165) is 31.2 Å². The minimum atomic E-state index is -0.574.